The lowest BCUT2D eigenvalue weighted by Crippen LogP contribution is -2.18. The van der Waals surface area contributed by atoms with Crippen LogP contribution in [0.15, 0.2) is 29.3 Å². The van der Waals surface area contributed by atoms with E-state index in [0.717, 1.165) is 0 Å². The zero-order chi connectivity index (χ0) is 15.6. The molecule has 0 saturated carbocycles. The molecule has 3 aromatic heterocycles. The number of carboxylic acid groups (broad SMARTS) is 1. The lowest BCUT2D eigenvalue weighted by Gasteiger charge is -2.03. The monoisotopic (exact) mass is 289 g/mol. The molecule has 3 heterocycles. The highest BCUT2D eigenvalue weighted by Gasteiger charge is 2.15. The predicted molar refractivity (Wildman–Crippen MR) is 76.0 cm³/mol. The Labute approximate surface area is 119 Å². The van der Waals surface area contributed by atoms with Crippen molar-refractivity contribution in [1.82, 2.24) is 24.4 Å². The summed E-state index contributed by atoms with van der Waals surface area (Å²) in [5.41, 5.74) is 0.547. The molecule has 0 atom stereocenters. The number of nitrogens with one attached hydrogen (secondary N) is 1. The predicted octanol–water partition coefficient (Wildman–Crippen LogP) is 1.24. The number of aromatic nitrogens is 5. The number of aromatic carboxylic acids is 1. The normalized spacial score (nSPS) is 10.2. The number of fused-ring (bicyclic) bond motifs is 1. The minimum absolute atomic E-state index is 0.0650. The van der Waals surface area contributed by atoms with Crippen molar-refractivity contribution in [1.29, 1.82) is 0 Å². The first kappa shape index (κ1) is 14.5. The number of hydrogen-bond donors (Lipinski definition) is 2. The summed E-state index contributed by atoms with van der Waals surface area (Å²) in [4.78, 5) is 25.3. The first-order chi connectivity index (χ1) is 10.1. The molecule has 0 unspecified atom stereocenters. The van der Waals surface area contributed by atoms with Crippen LogP contribution in [0.3, 0.4) is 0 Å². The third kappa shape index (κ3) is 2.42. The van der Waals surface area contributed by atoms with Crippen molar-refractivity contribution in [3.8, 4) is 5.95 Å². The quantitative estimate of drug-likeness (QED) is 0.738. The second-order valence-corrected chi connectivity index (χ2v) is 3.98. The van der Waals surface area contributed by atoms with Gasteiger partial charge in [0.15, 0.2) is 0 Å². The molecule has 0 aromatic carbocycles. The van der Waals surface area contributed by atoms with Crippen LogP contribution in [0.5, 0.6) is 0 Å². The maximum Gasteiger partial charge on any atom is 0.339 e. The summed E-state index contributed by atoms with van der Waals surface area (Å²) < 4.78 is 2.69. The Morgan fingerprint density at radius 1 is 1.38 bits per heavy atom. The highest BCUT2D eigenvalue weighted by Crippen LogP contribution is 2.10. The molecular formula is C13H15N5O3. The molecule has 0 aliphatic rings. The second-order valence-electron chi connectivity index (χ2n) is 3.98. The molecule has 0 aliphatic heterocycles. The van der Waals surface area contributed by atoms with E-state index in [0.29, 0.717) is 11.2 Å². The van der Waals surface area contributed by atoms with Gasteiger partial charge in [-0.1, -0.05) is 13.8 Å². The van der Waals surface area contributed by atoms with Crippen molar-refractivity contribution < 1.29 is 9.90 Å². The smallest absolute Gasteiger partial charge is 0.339 e. The molecule has 0 fully saturated rings. The number of hydrogen-bond acceptors (Lipinski definition) is 4. The first-order valence-electron chi connectivity index (χ1n) is 6.44. The molecule has 8 heteroatoms. The Balaban J connectivity index is 0.000000774. The number of carbonyl (C=O) groups is 1. The van der Waals surface area contributed by atoms with Crippen molar-refractivity contribution in [2.45, 2.75) is 20.8 Å². The van der Waals surface area contributed by atoms with Gasteiger partial charge in [0.25, 0.3) is 5.56 Å². The molecule has 2 N–H and O–H groups in total. The lowest BCUT2D eigenvalue weighted by molar-refractivity contribution is 0.0696. The minimum Gasteiger partial charge on any atom is -0.478 e. The summed E-state index contributed by atoms with van der Waals surface area (Å²) in [5.74, 6) is -0.910. The first-order valence-corrected chi connectivity index (χ1v) is 6.44. The Morgan fingerprint density at radius 2 is 2.10 bits per heavy atom. The van der Waals surface area contributed by atoms with E-state index in [4.69, 9.17) is 5.11 Å². The summed E-state index contributed by atoms with van der Waals surface area (Å²) in [6.07, 6.45) is 2.85. The summed E-state index contributed by atoms with van der Waals surface area (Å²) in [6.45, 7) is 5.59. The summed E-state index contributed by atoms with van der Waals surface area (Å²) in [7, 11) is 0. The SMILES string of the molecule is CC.Cc1c(C(=O)O)cnn1-c1nn2cccc2c(=O)[nH]1. The summed E-state index contributed by atoms with van der Waals surface area (Å²) in [6, 6.07) is 3.33. The zero-order valence-electron chi connectivity index (χ0n) is 11.9. The van der Waals surface area contributed by atoms with E-state index in [-0.39, 0.29) is 17.1 Å². The molecule has 0 aliphatic carbocycles. The van der Waals surface area contributed by atoms with Gasteiger partial charge < -0.3 is 5.11 Å². The maximum absolute atomic E-state index is 11.8. The standard InChI is InChI=1S/C11H9N5O3.C2H6/c1-6-7(10(18)19)5-12-16(6)11-13-9(17)8-3-2-4-15(8)14-11;1-2/h2-5H,1H3,(H,18,19)(H,13,14,17);1-2H3. The van der Waals surface area contributed by atoms with Gasteiger partial charge in [0, 0.05) is 6.20 Å². The van der Waals surface area contributed by atoms with Gasteiger partial charge in [-0.15, -0.1) is 5.10 Å². The van der Waals surface area contributed by atoms with Gasteiger partial charge in [-0.3, -0.25) is 9.78 Å². The number of aromatic amines is 1. The van der Waals surface area contributed by atoms with Crippen LogP contribution in [0.4, 0.5) is 0 Å². The fourth-order valence-corrected chi connectivity index (χ4v) is 1.86. The van der Waals surface area contributed by atoms with Crippen LogP contribution in [-0.4, -0.2) is 35.5 Å². The van der Waals surface area contributed by atoms with Crippen LogP contribution in [-0.2, 0) is 0 Å². The van der Waals surface area contributed by atoms with Gasteiger partial charge in [-0.05, 0) is 19.1 Å². The minimum atomic E-state index is -1.08. The van der Waals surface area contributed by atoms with Crippen molar-refractivity contribution in [3.63, 3.8) is 0 Å². The van der Waals surface area contributed by atoms with Crippen LogP contribution in [0.1, 0.15) is 29.9 Å². The van der Waals surface area contributed by atoms with Gasteiger partial charge in [-0.25, -0.2) is 14.0 Å². The van der Waals surface area contributed by atoms with Gasteiger partial charge in [0.2, 0.25) is 5.95 Å². The molecule has 3 rings (SSSR count). The fourth-order valence-electron chi connectivity index (χ4n) is 1.86. The lowest BCUT2D eigenvalue weighted by atomic mass is 10.3. The zero-order valence-corrected chi connectivity index (χ0v) is 11.9. The molecule has 0 amide bonds. The van der Waals surface area contributed by atoms with Crippen molar-refractivity contribution in [3.05, 3.63) is 46.1 Å². The van der Waals surface area contributed by atoms with E-state index in [1.54, 1.807) is 25.3 Å². The van der Waals surface area contributed by atoms with Crippen LogP contribution in [0.2, 0.25) is 0 Å². The van der Waals surface area contributed by atoms with Gasteiger partial charge in [-0.2, -0.15) is 5.10 Å². The van der Waals surface area contributed by atoms with Crippen molar-refractivity contribution in [2.24, 2.45) is 0 Å². The highest BCUT2D eigenvalue weighted by molar-refractivity contribution is 5.88. The number of H-pyrrole nitrogens is 1. The number of carboxylic acids is 1. The topological polar surface area (TPSA) is 105 Å². The Bertz CT molecular complexity index is 843. The molecule has 8 nitrogen and oxygen atoms in total. The third-order valence-electron chi connectivity index (χ3n) is 2.83. The van der Waals surface area contributed by atoms with E-state index in [2.05, 4.69) is 15.2 Å². The third-order valence-corrected chi connectivity index (χ3v) is 2.83. The number of nitrogens with zero attached hydrogens (tertiary/aromatic N) is 4. The molecule has 0 saturated heterocycles. The van der Waals surface area contributed by atoms with Gasteiger partial charge in [0.05, 0.1) is 11.9 Å². The van der Waals surface area contributed by atoms with E-state index in [1.165, 1.54) is 15.4 Å². The number of rotatable bonds is 2. The Kier molecular flexibility index (Phi) is 3.88. The van der Waals surface area contributed by atoms with E-state index >= 15 is 0 Å². The fraction of sp³-hybridized carbons (Fsp3) is 0.231. The molecule has 110 valence electrons. The average molecular weight is 289 g/mol. The maximum atomic E-state index is 11.8. The molecule has 21 heavy (non-hydrogen) atoms. The molecule has 0 radical (unpaired) electrons. The highest BCUT2D eigenvalue weighted by atomic mass is 16.4. The van der Waals surface area contributed by atoms with Gasteiger partial charge in [0.1, 0.15) is 11.1 Å². The second kappa shape index (κ2) is 5.61. The van der Waals surface area contributed by atoms with Crippen LogP contribution >= 0.6 is 0 Å². The molecule has 0 spiro atoms. The van der Waals surface area contributed by atoms with Crippen molar-refractivity contribution >= 4 is 11.5 Å². The van der Waals surface area contributed by atoms with Crippen LogP contribution < -0.4 is 5.56 Å². The Morgan fingerprint density at radius 3 is 2.71 bits per heavy atom. The molecule has 3 aromatic rings. The van der Waals surface area contributed by atoms with Crippen LogP contribution in [0.25, 0.3) is 11.5 Å². The Hall–Kier alpha value is -2.90. The molecule has 0 bridgehead atoms. The largest absolute Gasteiger partial charge is 0.478 e. The van der Waals surface area contributed by atoms with Gasteiger partial charge >= 0.3 is 5.97 Å². The summed E-state index contributed by atoms with van der Waals surface area (Å²) >= 11 is 0. The van der Waals surface area contributed by atoms with Crippen LogP contribution in [0, 0.1) is 6.92 Å². The van der Waals surface area contributed by atoms with E-state index in [1.807, 2.05) is 13.8 Å². The van der Waals surface area contributed by atoms with Crippen molar-refractivity contribution in [2.75, 3.05) is 0 Å². The van der Waals surface area contributed by atoms with E-state index < -0.39 is 5.97 Å². The summed E-state index contributed by atoms with van der Waals surface area (Å²) in [5, 5.41) is 17.1. The average Bonchev–Trinajstić information content (AvgIpc) is 3.07. The molecular weight excluding hydrogens is 274 g/mol. The van der Waals surface area contributed by atoms with E-state index in [9.17, 15) is 9.59 Å².